The summed E-state index contributed by atoms with van der Waals surface area (Å²) in [6, 6.07) is 10.5. The topological polar surface area (TPSA) is 71.3 Å². The van der Waals surface area contributed by atoms with Gasteiger partial charge in [0.05, 0.1) is 6.26 Å². The highest BCUT2D eigenvalue weighted by Crippen LogP contribution is 2.18. The number of benzene rings is 1. The summed E-state index contributed by atoms with van der Waals surface area (Å²) in [5.41, 5.74) is 1.30. The van der Waals surface area contributed by atoms with Gasteiger partial charge in [0.25, 0.3) is 5.91 Å². The maximum absolute atomic E-state index is 12.3. The Labute approximate surface area is 231 Å². The number of unbranched alkanes of at least 4 members (excludes halogenated alkanes) is 18. The predicted molar refractivity (Wildman–Crippen MR) is 160 cm³/mol. The minimum absolute atomic E-state index is 0.0199. The van der Waals surface area contributed by atoms with Gasteiger partial charge in [0.2, 0.25) is 5.91 Å². The molecule has 0 radical (unpaired) electrons. The molecule has 1 aromatic heterocycles. The molecular formula is C33H52N2O3. The minimum atomic E-state index is -0.312. The van der Waals surface area contributed by atoms with E-state index >= 15 is 0 Å². The van der Waals surface area contributed by atoms with E-state index in [1.807, 2.05) is 12.1 Å². The largest absolute Gasteiger partial charge is 0.459 e. The van der Waals surface area contributed by atoms with Crippen LogP contribution in [0.4, 0.5) is 11.4 Å². The number of anilines is 2. The van der Waals surface area contributed by atoms with Crippen LogP contribution < -0.4 is 10.6 Å². The van der Waals surface area contributed by atoms with Crippen LogP contribution in [0.25, 0.3) is 0 Å². The lowest BCUT2D eigenvalue weighted by Gasteiger charge is -2.08. The van der Waals surface area contributed by atoms with Gasteiger partial charge in [-0.15, -0.1) is 0 Å². The summed E-state index contributed by atoms with van der Waals surface area (Å²) in [7, 11) is 0. The SMILES string of the molecule is CCCCCCCCCCCCCCCCCCCCCC(=O)Nc1cccc(NC(=O)c2ccco2)c1. The predicted octanol–water partition coefficient (Wildman–Crippen LogP) is 10.3. The summed E-state index contributed by atoms with van der Waals surface area (Å²) < 4.78 is 5.11. The number of hydrogen-bond donors (Lipinski definition) is 2. The van der Waals surface area contributed by atoms with Gasteiger partial charge in [-0.1, -0.05) is 129 Å². The molecule has 0 atom stereocenters. The van der Waals surface area contributed by atoms with Gasteiger partial charge in [-0.2, -0.15) is 0 Å². The minimum Gasteiger partial charge on any atom is -0.459 e. The third-order valence-corrected chi connectivity index (χ3v) is 7.16. The molecule has 0 spiro atoms. The molecule has 1 heterocycles. The average Bonchev–Trinajstić information content (AvgIpc) is 3.46. The van der Waals surface area contributed by atoms with E-state index in [1.165, 1.54) is 115 Å². The Morgan fingerprint density at radius 1 is 0.605 bits per heavy atom. The maximum atomic E-state index is 12.3. The van der Waals surface area contributed by atoms with Crippen molar-refractivity contribution in [1.82, 2.24) is 0 Å². The molecule has 38 heavy (non-hydrogen) atoms. The number of hydrogen-bond acceptors (Lipinski definition) is 3. The zero-order valence-corrected chi connectivity index (χ0v) is 23.9. The molecule has 0 aliphatic carbocycles. The lowest BCUT2D eigenvalue weighted by molar-refractivity contribution is -0.116. The third kappa shape index (κ3) is 15.6. The van der Waals surface area contributed by atoms with Crippen molar-refractivity contribution in [3.63, 3.8) is 0 Å². The van der Waals surface area contributed by atoms with Gasteiger partial charge in [0, 0.05) is 17.8 Å². The second kappa shape index (κ2) is 21.4. The van der Waals surface area contributed by atoms with Crippen molar-refractivity contribution >= 4 is 23.2 Å². The summed E-state index contributed by atoms with van der Waals surface area (Å²) >= 11 is 0. The molecule has 2 N–H and O–H groups in total. The van der Waals surface area contributed by atoms with Crippen molar-refractivity contribution in [3.05, 3.63) is 48.4 Å². The van der Waals surface area contributed by atoms with E-state index in [4.69, 9.17) is 4.42 Å². The van der Waals surface area contributed by atoms with Gasteiger partial charge in [-0.25, -0.2) is 0 Å². The fraction of sp³-hybridized carbons (Fsp3) is 0.636. The molecule has 0 fully saturated rings. The summed E-state index contributed by atoms with van der Waals surface area (Å²) in [6.45, 7) is 2.28. The van der Waals surface area contributed by atoms with Crippen LogP contribution in [0.2, 0.25) is 0 Å². The molecule has 0 aliphatic rings. The van der Waals surface area contributed by atoms with Crippen LogP contribution in [0, 0.1) is 0 Å². The molecule has 1 aromatic carbocycles. The summed E-state index contributed by atoms with van der Waals surface area (Å²) in [5, 5.41) is 5.72. The smallest absolute Gasteiger partial charge is 0.291 e. The summed E-state index contributed by atoms with van der Waals surface area (Å²) in [4.78, 5) is 24.4. The number of carbonyl (C=O) groups is 2. The highest BCUT2D eigenvalue weighted by molar-refractivity contribution is 6.02. The lowest BCUT2D eigenvalue weighted by Crippen LogP contribution is -2.13. The normalized spacial score (nSPS) is 11.0. The van der Waals surface area contributed by atoms with Crippen LogP contribution in [-0.4, -0.2) is 11.8 Å². The third-order valence-electron chi connectivity index (χ3n) is 7.16. The van der Waals surface area contributed by atoms with Crippen molar-refractivity contribution in [2.75, 3.05) is 10.6 Å². The molecule has 2 aromatic rings. The fourth-order valence-corrected chi connectivity index (χ4v) is 4.86. The summed E-state index contributed by atoms with van der Waals surface area (Å²) in [5.74, 6) is -0.0390. The van der Waals surface area contributed by atoms with Crippen LogP contribution >= 0.6 is 0 Å². The highest BCUT2D eigenvalue weighted by atomic mass is 16.3. The second-order valence-electron chi connectivity index (χ2n) is 10.7. The number of rotatable bonds is 23. The van der Waals surface area contributed by atoms with Crippen LogP contribution in [0.15, 0.2) is 47.1 Å². The van der Waals surface area contributed by atoms with E-state index in [-0.39, 0.29) is 17.6 Å². The second-order valence-corrected chi connectivity index (χ2v) is 10.7. The lowest BCUT2D eigenvalue weighted by atomic mass is 10.0. The maximum Gasteiger partial charge on any atom is 0.291 e. The molecule has 0 saturated heterocycles. The first-order valence-corrected chi connectivity index (χ1v) is 15.4. The van der Waals surface area contributed by atoms with E-state index in [0.717, 1.165) is 12.8 Å². The van der Waals surface area contributed by atoms with Crippen molar-refractivity contribution < 1.29 is 14.0 Å². The zero-order valence-electron chi connectivity index (χ0n) is 23.9. The van der Waals surface area contributed by atoms with E-state index in [2.05, 4.69) is 17.6 Å². The fourth-order valence-electron chi connectivity index (χ4n) is 4.86. The zero-order chi connectivity index (χ0) is 27.1. The number of furan rings is 1. The van der Waals surface area contributed by atoms with E-state index < -0.39 is 0 Å². The molecule has 2 amide bonds. The van der Waals surface area contributed by atoms with Crippen molar-refractivity contribution in [3.8, 4) is 0 Å². The Hall–Kier alpha value is -2.56. The van der Waals surface area contributed by atoms with Gasteiger partial charge in [-0.05, 0) is 36.8 Å². The van der Waals surface area contributed by atoms with Gasteiger partial charge in [-0.3, -0.25) is 9.59 Å². The molecule has 5 heteroatoms. The highest BCUT2D eigenvalue weighted by Gasteiger charge is 2.09. The van der Waals surface area contributed by atoms with Gasteiger partial charge < -0.3 is 15.1 Å². The molecule has 0 unspecified atom stereocenters. The van der Waals surface area contributed by atoms with E-state index in [9.17, 15) is 9.59 Å². The molecular weight excluding hydrogens is 472 g/mol. The number of nitrogens with one attached hydrogen (secondary N) is 2. The monoisotopic (exact) mass is 524 g/mol. The van der Waals surface area contributed by atoms with Gasteiger partial charge in [0.15, 0.2) is 5.76 Å². The Kier molecular flexibility index (Phi) is 17.8. The van der Waals surface area contributed by atoms with E-state index in [1.54, 1.807) is 24.3 Å². The molecule has 0 bridgehead atoms. The molecule has 0 aliphatic heterocycles. The van der Waals surface area contributed by atoms with Crippen molar-refractivity contribution in [2.45, 2.75) is 135 Å². The molecule has 5 nitrogen and oxygen atoms in total. The molecule has 0 saturated carbocycles. The number of amides is 2. The van der Waals surface area contributed by atoms with Crippen molar-refractivity contribution in [2.24, 2.45) is 0 Å². The molecule has 2 rings (SSSR count). The number of carbonyl (C=O) groups excluding carboxylic acids is 2. The van der Waals surface area contributed by atoms with Crippen LogP contribution in [0.5, 0.6) is 0 Å². The Morgan fingerprint density at radius 2 is 1.08 bits per heavy atom. The van der Waals surface area contributed by atoms with Crippen molar-refractivity contribution in [1.29, 1.82) is 0 Å². The molecule has 212 valence electrons. The van der Waals surface area contributed by atoms with E-state index in [0.29, 0.717) is 17.8 Å². The standard InChI is InChI=1S/C33H52N2O3/c1-2-3-4-5-6-7-8-9-10-11-12-13-14-15-16-17-18-19-20-26-32(36)34-29-23-21-24-30(28-29)35-33(37)31-25-22-27-38-31/h21-25,27-28H,2-20,26H2,1H3,(H,34,36)(H,35,37). The average molecular weight is 525 g/mol. The quantitative estimate of drug-likeness (QED) is 0.142. The first kappa shape index (κ1) is 31.7. The van der Waals surface area contributed by atoms with Gasteiger partial charge in [0.1, 0.15) is 0 Å². The van der Waals surface area contributed by atoms with Crippen LogP contribution in [0.1, 0.15) is 146 Å². The van der Waals surface area contributed by atoms with Crippen LogP contribution in [-0.2, 0) is 4.79 Å². The van der Waals surface area contributed by atoms with Crippen LogP contribution in [0.3, 0.4) is 0 Å². The first-order valence-electron chi connectivity index (χ1n) is 15.4. The van der Waals surface area contributed by atoms with Gasteiger partial charge >= 0.3 is 0 Å². The Morgan fingerprint density at radius 3 is 1.55 bits per heavy atom. The summed E-state index contributed by atoms with van der Waals surface area (Å²) in [6.07, 6.45) is 27.6. The first-order chi connectivity index (χ1) is 18.7. The Balaban J connectivity index is 1.37. The Bertz CT molecular complexity index is 863.